The minimum Gasteiger partial charge on any atom is -0.356 e. The fraction of sp³-hybridized carbons (Fsp3) is 0.909. The van der Waals surface area contributed by atoms with E-state index in [1.54, 1.807) is 0 Å². The lowest BCUT2D eigenvalue weighted by Gasteiger charge is -2.12. The number of rotatable bonds is 6. The van der Waals surface area contributed by atoms with Gasteiger partial charge < -0.3 is 15.5 Å². The Hall–Kier alpha value is -0.610. The maximum atomic E-state index is 11.4. The molecule has 0 spiro atoms. The maximum absolute atomic E-state index is 11.4. The van der Waals surface area contributed by atoms with Crippen LogP contribution in [0.25, 0.3) is 0 Å². The Morgan fingerprint density at radius 3 is 2.93 bits per heavy atom. The fourth-order valence-electron chi connectivity index (χ4n) is 1.80. The van der Waals surface area contributed by atoms with Crippen molar-refractivity contribution in [3.63, 3.8) is 0 Å². The van der Waals surface area contributed by atoms with Gasteiger partial charge in [-0.2, -0.15) is 0 Å². The fourth-order valence-corrected chi connectivity index (χ4v) is 1.80. The third kappa shape index (κ3) is 5.74. The number of nitrogens with zero attached hydrogens (tertiary/aromatic N) is 1. The van der Waals surface area contributed by atoms with Gasteiger partial charge in [0.2, 0.25) is 5.91 Å². The summed E-state index contributed by atoms with van der Waals surface area (Å²) in [6, 6.07) is 0.624. The van der Waals surface area contributed by atoms with Crippen LogP contribution >= 0.6 is 0 Å². The first-order chi connectivity index (χ1) is 7.18. The third-order valence-electron chi connectivity index (χ3n) is 2.76. The van der Waals surface area contributed by atoms with E-state index in [0.29, 0.717) is 12.5 Å². The van der Waals surface area contributed by atoms with Crippen molar-refractivity contribution in [3.8, 4) is 0 Å². The van der Waals surface area contributed by atoms with E-state index in [1.807, 2.05) is 19.0 Å². The lowest BCUT2D eigenvalue weighted by molar-refractivity contribution is -0.121. The van der Waals surface area contributed by atoms with E-state index in [4.69, 9.17) is 0 Å². The van der Waals surface area contributed by atoms with Crippen LogP contribution in [0.2, 0.25) is 0 Å². The van der Waals surface area contributed by atoms with Crippen molar-refractivity contribution >= 4 is 5.91 Å². The zero-order valence-electron chi connectivity index (χ0n) is 9.88. The molecule has 1 fully saturated rings. The number of carbonyl (C=O) groups is 1. The number of hydrogen-bond acceptors (Lipinski definition) is 3. The van der Waals surface area contributed by atoms with Gasteiger partial charge in [-0.3, -0.25) is 4.79 Å². The summed E-state index contributed by atoms with van der Waals surface area (Å²) in [6.07, 6.45) is 4.20. The average molecular weight is 213 g/mol. The first kappa shape index (κ1) is 12.5. The topological polar surface area (TPSA) is 44.4 Å². The second-order valence-corrected chi connectivity index (χ2v) is 4.49. The summed E-state index contributed by atoms with van der Waals surface area (Å²) < 4.78 is 0. The van der Waals surface area contributed by atoms with E-state index >= 15 is 0 Å². The van der Waals surface area contributed by atoms with Crippen molar-refractivity contribution in [2.75, 3.05) is 33.7 Å². The van der Waals surface area contributed by atoms with Gasteiger partial charge >= 0.3 is 0 Å². The molecule has 1 rings (SSSR count). The van der Waals surface area contributed by atoms with Crippen molar-refractivity contribution in [1.29, 1.82) is 0 Å². The van der Waals surface area contributed by atoms with E-state index < -0.39 is 0 Å². The molecule has 0 bridgehead atoms. The molecule has 2 N–H and O–H groups in total. The molecule has 0 saturated carbocycles. The molecule has 1 aliphatic heterocycles. The minimum absolute atomic E-state index is 0.168. The highest BCUT2D eigenvalue weighted by molar-refractivity contribution is 5.75. The monoisotopic (exact) mass is 213 g/mol. The Bertz CT molecular complexity index is 188. The lowest BCUT2D eigenvalue weighted by Crippen LogP contribution is -2.32. The quantitative estimate of drug-likeness (QED) is 0.662. The normalized spacial score (nSPS) is 20.9. The van der Waals surface area contributed by atoms with Gasteiger partial charge in [0.05, 0.1) is 0 Å². The Morgan fingerprint density at radius 2 is 2.33 bits per heavy atom. The smallest absolute Gasteiger partial charge is 0.221 e. The van der Waals surface area contributed by atoms with Gasteiger partial charge in [0.15, 0.2) is 0 Å². The molecular formula is C11H23N3O. The van der Waals surface area contributed by atoms with Crippen molar-refractivity contribution in [1.82, 2.24) is 15.5 Å². The molecule has 1 atom stereocenters. The number of hydrogen-bond donors (Lipinski definition) is 2. The standard InChI is InChI=1S/C11H23N3O/c1-14(2)9-6-11(15)13-8-5-10-4-3-7-12-10/h10,12H,3-9H2,1-2H3,(H,13,15)/t10-/m0/s1. The third-order valence-corrected chi connectivity index (χ3v) is 2.76. The summed E-state index contributed by atoms with van der Waals surface area (Å²) in [4.78, 5) is 13.4. The predicted molar refractivity (Wildman–Crippen MR) is 61.8 cm³/mol. The highest BCUT2D eigenvalue weighted by atomic mass is 16.1. The molecule has 1 aliphatic rings. The molecule has 0 aromatic rings. The van der Waals surface area contributed by atoms with Crippen molar-refractivity contribution in [2.45, 2.75) is 31.7 Å². The summed E-state index contributed by atoms with van der Waals surface area (Å²) in [5, 5.41) is 6.38. The van der Waals surface area contributed by atoms with Gasteiger partial charge in [0.25, 0.3) is 0 Å². The van der Waals surface area contributed by atoms with Gasteiger partial charge in [0.1, 0.15) is 0 Å². The van der Waals surface area contributed by atoms with Crippen LogP contribution in [0.1, 0.15) is 25.7 Å². The molecule has 4 heteroatoms. The maximum Gasteiger partial charge on any atom is 0.221 e. The van der Waals surface area contributed by atoms with Gasteiger partial charge in [-0.05, 0) is 39.9 Å². The van der Waals surface area contributed by atoms with Crippen LogP contribution in [-0.4, -0.2) is 50.6 Å². The molecule has 1 saturated heterocycles. The molecule has 1 amide bonds. The Balaban J connectivity index is 1.96. The van der Waals surface area contributed by atoms with Crippen molar-refractivity contribution in [2.24, 2.45) is 0 Å². The predicted octanol–water partition coefficient (Wildman–Crippen LogP) is 0.196. The van der Waals surface area contributed by atoms with Gasteiger partial charge in [-0.25, -0.2) is 0 Å². The van der Waals surface area contributed by atoms with Crippen LogP contribution < -0.4 is 10.6 Å². The molecule has 0 aliphatic carbocycles. The van der Waals surface area contributed by atoms with Crippen LogP contribution in [0.5, 0.6) is 0 Å². The van der Waals surface area contributed by atoms with Crippen molar-refractivity contribution in [3.05, 3.63) is 0 Å². The van der Waals surface area contributed by atoms with Crippen LogP contribution in [0.15, 0.2) is 0 Å². The van der Waals surface area contributed by atoms with Crippen LogP contribution in [0.3, 0.4) is 0 Å². The second-order valence-electron chi connectivity index (χ2n) is 4.49. The summed E-state index contributed by atoms with van der Waals surface area (Å²) in [5.74, 6) is 0.168. The molecule has 0 unspecified atom stereocenters. The summed E-state index contributed by atoms with van der Waals surface area (Å²) in [6.45, 7) is 2.77. The molecule has 0 aromatic carbocycles. The van der Waals surface area contributed by atoms with E-state index in [0.717, 1.165) is 26.1 Å². The van der Waals surface area contributed by atoms with Crippen molar-refractivity contribution < 1.29 is 4.79 Å². The van der Waals surface area contributed by atoms with E-state index in [2.05, 4.69) is 10.6 Å². The Kier molecular flexibility index (Phi) is 5.65. The van der Waals surface area contributed by atoms with E-state index in [1.165, 1.54) is 12.8 Å². The van der Waals surface area contributed by atoms with E-state index in [9.17, 15) is 4.79 Å². The molecule has 15 heavy (non-hydrogen) atoms. The van der Waals surface area contributed by atoms with Crippen LogP contribution in [-0.2, 0) is 4.79 Å². The molecule has 88 valence electrons. The lowest BCUT2D eigenvalue weighted by atomic mass is 10.1. The molecule has 1 heterocycles. The SMILES string of the molecule is CN(C)CCC(=O)NCC[C@@H]1CCCN1. The van der Waals surface area contributed by atoms with Crippen LogP contribution in [0.4, 0.5) is 0 Å². The highest BCUT2D eigenvalue weighted by Gasteiger charge is 2.13. The molecule has 0 aromatic heterocycles. The summed E-state index contributed by atoms with van der Waals surface area (Å²) in [7, 11) is 3.96. The number of carbonyl (C=O) groups excluding carboxylic acids is 1. The Morgan fingerprint density at radius 1 is 1.53 bits per heavy atom. The number of amides is 1. The van der Waals surface area contributed by atoms with Gasteiger partial charge in [0, 0.05) is 25.6 Å². The van der Waals surface area contributed by atoms with E-state index in [-0.39, 0.29) is 5.91 Å². The molecule has 0 radical (unpaired) electrons. The first-order valence-corrected chi connectivity index (χ1v) is 5.83. The Labute approximate surface area is 92.4 Å². The first-order valence-electron chi connectivity index (χ1n) is 5.83. The molecular weight excluding hydrogens is 190 g/mol. The largest absolute Gasteiger partial charge is 0.356 e. The minimum atomic E-state index is 0.168. The summed E-state index contributed by atoms with van der Waals surface area (Å²) in [5.41, 5.74) is 0. The van der Waals surface area contributed by atoms with Gasteiger partial charge in [-0.15, -0.1) is 0 Å². The summed E-state index contributed by atoms with van der Waals surface area (Å²) >= 11 is 0. The molecule has 4 nitrogen and oxygen atoms in total. The zero-order chi connectivity index (χ0) is 11.1. The second kappa shape index (κ2) is 6.80. The zero-order valence-corrected chi connectivity index (χ0v) is 9.88. The van der Waals surface area contributed by atoms with Crippen LogP contribution in [0, 0.1) is 0 Å². The van der Waals surface area contributed by atoms with Gasteiger partial charge in [-0.1, -0.05) is 0 Å². The average Bonchev–Trinajstić information content (AvgIpc) is 2.67. The number of nitrogens with one attached hydrogen (secondary N) is 2. The highest BCUT2D eigenvalue weighted by Crippen LogP contribution is 2.07.